The number of hydrogen-bond acceptors (Lipinski definition) is 1. The van der Waals surface area contributed by atoms with Gasteiger partial charge in [0.05, 0.1) is 0 Å². The standard InChI is InChI=1S/C16H23F7O/c1-8(2)13(18)14(19,16(22,23)24-15(13,20)21)10-7-9(10)12(6,17)11(3,4)5/h8-10H,7H2,1-6H3. The minimum Gasteiger partial charge on any atom is -0.250 e. The third-order valence-corrected chi connectivity index (χ3v) is 5.89. The van der Waals surface area contributed by atoms with Crippen LogP contribution in [0.25, 0.3) is 0 Å². The summed E-state index contributed by atoms with van der Waals surface area (Å²) in [7, 11) is 0. The Morgan fingerprint density at radius 1 is 0.917 bits per heavy atom. The predicted octanol–water partition coefficient (Wildman–Crippen LogP) is 5.69. The fourth-order valence-electron chi connectivity index (χ4n) is 3.76. The van der Waals surface area contributed by atoms with E-state index in [-0.39, 0.29) is 0 Å². The smallest absolute Gasteiger partial charge is 0.250 e. The maximum Gasteiger partial charge on any atom is 0.398 e. The summed E-state index contributed by atoms with van der Waals surface area (Å²) in [6.45, 7) is 7.30. The summed E-state index contributed by atoms with van der Waals surface area (Å²) in [5.74, 6) is -5.00. The summed E-state index contributed by atoms with van der Waals surface area (Å²) in [6, 6.07) is 0. The summed E-state index contributed by atoms with van der Waals surface area (Å²) in [5, 5.41) is 0. The largest absolute Gasteiger partial charge is 0.398 e. The van der Waals surface area contributed by atoms with Gasteiger partial charge >= 0.3 is 12.2 Å². The highest BCUT2D eigenvalue weighted by molar-refractivity contribution is 5.25. The van der Waals surface area contributed by atoms with Gasteiger partial charge in [0, 0.05) is 5.92 Å². The van der Waals surface area contributed by atoms with Gasteiger partial charge in [0.25, 0.3) is 0 Å². The molecule has 1 nitrogen and oxygen atoms in total. The normalized spacial score (nSPS) is 43.8. The summed E-state index contributed by atoms with van der Waals surface area (Å²) in [4.78, 5) is 0. The molecular weight excluding hydrogens is 341 g/mol. The molecule has 142 valence electrons. The Hall–Kier alpha value is -0.530. The third kappa shape index (κ3) is 2.10. The fraction of sp³-hybridized carbons (Fsp3) is 1.00. The molecule has 0 bridgehead atoms. The first-order valence-electron chi connectivity index (χ1n) is 7.90. The maximum atomic E-state index is 15.3. The topological polar surface area (TPSA) is 9.23 Å². The van der Waals surface area contributed by atoms with Crippen LogP contribution in [0.5, 0.6) is 0 Å². The van der Waals surface area contributed by atoms with Crippen LogP contribution in [-0.4, -0.2) is 29.2 Å². The monoisotopic (exact) mass is 364 g/mol. The molecular formula is C16H23F7O. The predicted molar refractivity (Wildman–Crippen MR) is 74.1 cm³/mol. The van der Waals surface area contributed by atoms with E-state index in [1.807, 2.05) is 0 Å². The molecule has 1 aliphatic carbocycles. The molecule has 5 atom stereocenters. The van der Waals surface area contributed by atoms with Crippen LogP contribution in [0.4, 0.5) is 30.7 Å². The Bertz CT molecular complexity index is 525. The molecule has 0 spiro atoms. The van der Waals surface area contributed by atoms with Crippen molar-refractivity contribution >= 4 is 0 Å². The lowest BCUT2D eigenvalue weighted by atomic mass is 9.70. The van der Waals surface area contributed by atoms with E-state index in [4.69, 9.17) is 0 Å². The molecule has 1 heterocycles. The van der Waals surface area contributed by atoms with Gasteiger partial charge in [0.15, 0.2) is 0 Å². The molecule has 1 saturated heterocycles. The van der Waals surface area contributed by atoms with E-state index in [0.29, 0.717) is 0 Å². The minimum atomic E-state index is -5.05. The molecule has 0 amide bonds. The van der Waals surface area contributed by atoms with E-state index in [2.05, 4.69) is 4.74 Å². The van der Waals surface area contributed by atoms with Gasteiger partial charge in [-0.2, -0.15) is 17.6 Å². The molecule has 1 aliphatic heterocycles. The van der Waals surface area contributed by atoms with Gasteiger partial charge in [-0.1, -0.05) is 34.6 Å². The maximum absolute atomic E-state index is 15.3. The second kappa shape index (κ2) is 4.80. The van der Waals surface area contributed by atoms with Gasteiger partial charge in [-0.05, 0) is 30.6 Å². The van der Waals surface area contributed by atoms with Gasteiger partial charge in [-0.15, -0.1) is 0 Å². The van der Waals surface area contributed by atoms with Crippen LogP contribution >= 0.6 is 0 Å². The SMILES string of the molecule is CC(C)C1(F)C(F)(F)OC(F)(F)C1(F)C1CC1C(C)(F)C(C)(C)C. The Morgan fingerprint density at radius 2 is 1.38 bits per heavy atom. The highest BCUT2D eigenvalue weighted by Gasteiger charge is 2.92. The summed E-state index contributed by atoms with van der Waals surface area (Å²) >= 11 is 0. The van der Waals surface area contributed by atoms with Crippen molar-refractivity contribution < 1.29 is 35.5 Å². The van der Waals surface area contributed by atoms with Crippen LogP contribution in [-0.2, 0) is 4.74 Å². The van der Waals surface area contributed by atoms with Gasteiger partial charge < -0.3 is 0 Å². The molecule has 1 saturated carbocycles. The molecule has 0 radical (unpaired) electrons. The van der Waals surface area contributed by atoms with Crippen molar-refractivity contribution in [3.05, 3.63) is 0 Å². The number of rotatable bonds is 3. The average molecular weight is 364 g/mol. The van der Waals surface area contributed by atoms with Crippen molar-refractivity contribution in [2.24, 2.45) is 23.2 Å². The van der Waals surface area contributed by atoms with Crippen molar-refractivity contribution in [2.45, 2.75) is 77.2 Å². The molecule has 0 N–H and O–H groups in total. The van der Waals surface area contributed by atoms with Gasteiger partial charge in [0.1, 0.15) is 5.67 Å². The summed E-state index contributed by atoms with van der Waals surface area (Å²) < 4.78 is 104. The molecule has 0 aromatic heterocycles. The lowest BCUT2D eigenvalue weighted by molar-refractivity contribution is -0.357. The van der Waals surface area contributed by atoms with Crippen molar-refractivity contribution in [1.29, 1.82) is 0 Å². The lowest BCUT2D eigenvalue weighted by Crippen LogP contribution is -2.62. The van der Waals surface area contributed by atoms with Crippen molar-refractivity contribution in [3.63, 3.8) is 0 Å². The first kappa shape index (κ1) is 19.8. The van der Waals surface area contributed by atoms with E-state index in [1.165, 1.54) is 20.8 Å². The third-order valence-electron chi connectivity index (χ3n) is 5.89. The summed E-state index contributed by atoms with van der Waals surface area (Å²) in [5.41, 5.74) is -11.8. The van der Waals surface area contributed by atoms with Crippen molar-refractivity contribution in [2.75, 3.05) is 0 Å². The van der Waals surface area contributed by atoms with Crippen LogP contribution in [0.1, 0.15) is 48.0 Å². The number of halogens is 7. The highest BCUT2D eigenvalue weighted by atomic mass is 19.3. The Labute approximate surface area is 136 Å². The first-order valence-corrected chi connectivity index (χ1v) is 7.90. The van der Waals surface area contributed by atoms with Gasteiger partial charge in [0.2, 0.25) is 11.3 Å². The number of ether oxygens (including phenoxy) is 1. The van der Waals surface area contributed by atoms with Crippen LogP contribution in [0.2, 0.25) is 0 Å². The molecule has 0 aromatic rings. The van der Waals surface area contributed by atoms with Crippen LogP contribution in [0.15, 0.2) is 0 Å². The van der Waals surface area contributed by atoms with Crippen molar-refractivity contribution in [3.8, 4) is 0 Å². The molecule has 2 rings (SSSR count). The molecule has 24 heavy (non-hydrogen) atoms. The van der Waals surface area contributed by atoms with Gasteiger partial charge in [-0.3, -0.25) is 0 Å². The van der Waals surface area contributed by atoms with E-state index in [9.17, 15) is 22.0 Å². The zero-order chi connectivity index (χ0) is 19.1. The van der Waals surface area contributed by atoms with Crippen molar-refractivity contribution in [1.82, 2.24) is 0 Å². The van der Waals surface area contributed by atoms with E-state index >= 15 is 8.78 Å². The van der Waals surface area contributed by atoms with E-state index < -0.39 is 58.8 Å². The number of alkyl halides is 7. The van der Waals surface area contributed by atoms with Crippen LogP contribution in [0, 0.1) is 23.2 Å². The first-order chi connectivity index (χ1) is 10.4. The molecule has 8 heteroatoms. The lowest BCUT2D eigenvalue weighted by Gasteiger charge is -2.40. The van der Waals surface area contributed by atoms with E-state index in [0.717, 1.165) is 20.8 Å². The zero-order valence-corrected chi connectivity index (χ0v) is 14.5. The molecule has 2 aliphatic rings. The Balaban J connectivity index is 2.52. The highest BCUT2D eigenvalue weighted by Crippen LogP contribution is 2.72. The second-order valence-corrected chi connectivity index (χ2v) is 8.49. The fourth-order valence-corrected chi connectivity index (χ4v) is 3.76. The molecule has 0 aromatic carbocycles. The number of hydrogen-bond donors (Lipinski definition) is 0. The zero-order valence-electron chi connectivity index (χ0n) is 14.5. The molecule has 2 fully saturated rings. The van der Waals surface area contributed by atoms with Crippen LogP contribution in [0.3, 0.4) is 0 Å². The second-order valence-electron chi connectivity index (χ2n) is 8.49. The average Bonchev–Trinajstić information content (AvgIpc) is 3.11. The minimum absolute atomic E-state index is 0.450. The van der Waals surface area contributed by atoms with Gasteiger partial charge in [-0.25, -0.2) is 17.9 Å². The molecule has 5 unspecified atom stereocenters. The Morgan fingerprint density at radius 3 is 1.75 bits per heavy atom. The van der Waals surface area contributed by atoms with Crippen LogP contribution < -0.4 is 0 Å². The Kier molecular flexibility index (Phi) is 3.96. The summed E-state index contributed by atoms with van der Waals surface area (Å²) in [6.07, 6.45) is -10.5. The van der Waals surface area contributed by atoms with E-state index in [1.54, 1.807) is 0 Å². The quantitative estimate of drug-likeness (QED) is 0.585.